The highest BCUT2D eigenvalue weighted by Crippen LogP contribution is 2.30. The minimum atomic E-state index is -1.26. The third kappa shape index (κ3) is 1.48. The summed E-state index contributed by atoms with van der Waals surface area (Å²) in [5.74, 6) is -1.91. The van der Waals surface area contributed by atoms with E-state index in [1.54, 1.807) is 0 Å². The van der Waals surface area contributed by atoms with Gasteiger partial charge >= 0.3 is 5.97 Å². The van der Waals surface area contributed by atoms with Crippen molar-refractivity contribution in [1.82, 2.24) is 0 Å². The molecule has 0 fully saturated rings. The van der Waals surface area contributed by atoms with E-state index in [0.29, 0.717) is 0 Å². The average Bonchev–Trinajstić information content (AvgIpc) is 2.10. The van der Waals surface area contributed by atoms with Crippen LogP contribution in [0, 0.1) is 12.7 Å². The Bertz CT molecular complexity index is 390. The van der Waals surface area contributed by atoms with E-state index in [0.717, 1.165) is 6.07 Å². The van der Waals surface area contributed by atoms with Crippen molar-refractivity contribution in [3.63, 3.8) is 0 Å². The lowest BCUT2D eigenvalue weighted by Gasteiger charge is -2.11. The van der Waals surface area contributed by atoms with Crippen molar-refractivity contribution in [3.8, 4) is 5.75 Å². The molecular weight excluding hydrogens is 189 g/mol. The first-order valence-corrected chi connectivity index (χ1v) is 3.85. The topological polar surface area (TPSA) is 72.5 Å². The van der Waals surface area contributed by atoms with E-state index < -0.39 is 11.8 Å². The molecule has 14 heavy (non-hydrogen) atoms. The van der Waals surface area contributed by atoms with E-state index in [1.165, 1.54) is 14.0 Å². The van der Waals surface area contributed by atoms with Crippen LogP contribution in [-0.4, -0.2) is 18.2 Å². The molecule has 5 heteroatoms. The number of rotatable bonds is 2. The summed E-state index contributed by atoms with van der Waals surface area (Å²) in [5, 5.41) is 8.82. The molecule has 1 aromatic rings. The highest BCUT2D eigenvalue weighted by Gasteiger charge is 2.20. The summed E-state index contributed by atoms with van der Waals surface area (Å²) >= 11 is 0. The zero-order valence-electron chi connectivity index (χ0n) is 7.80. The Morgan fingerprint density at radius 2 is 2.21 bits per heavy atom. The Kier molecular flexibility index (Phi) is 2.60. The minimum Gasteiger partial charge on any atom is -0.494 e. The number of nitrogens with two attached hydrogens (primary N) is 1. The Hall–Kier alpha value is -1.78. The minimum absolute atomic E-state index is 0.00333. The van der Waals surface area contributed by atoms with Crippen molar-refractivity contribution in [1.29, 1.82) is 0 Å². The van der Waals surface area contributed by atoms with Gasteiger partial charge in [0.1, 0.15) is 11.4 Å². The molecule has 0 aliphatic heterocycles. The van der Waals surface area contributed by atoms with Gasteiger partial charge in [0.25, 0.3) is 0 Å². The summed E-state index contributed by atoms with van der Waals surface area (Å²) in [5.41, 5.74) is 5.18. The summed E-state index contributed by atoms with van der Waals surface area (Å²) in [7, 11) is 1.29. The average molecular weight is 199 g/mol. The molecule has 0 saturated heterocycles. The second kappa shape index (κ2) is 3.53. The van der Waals surface area contributed by atoms with Gasteiger partial charge in [0, 0.05) is 11.6 Å². The lowest BCUT2D eigenvalue weighted by Crippen LogP contribution is -2.07. The molecule has 0 aliphatic carbocycles. The fourth-order valence-electron chi connectivity index (χ4n) is 1.22. The number of carboxylic acid groups (broad SMARTS) is 1. The van der Waals surface area contributed by atoms with Crippen LogP contribution < -0.4 is 10.5 Å². The molecule has 76 valence electrons. The largest absolute Gasteiger partial charge is 0.494 e. The first kappa shape index (κ1) is 10.3. The number of anilines is 1. The van der Waals surface area contributed by atoms with Crippen LogP contribution in [0.5, 0.6) is 5.75 Å². The SMILES string of the molecule is COc1c(N)cc(F)c(C)c1C(=O)O. The standard InChI is InChI=1S/C9H10FNO3/c1-4-5(10)3-6(11)8(14-2)7(4)9(12)13/h3H,11H2,1-2H3,(H,12,13). The van der Waals surface area contributed by atoms with Crippen molar-refractivity contribution < 1.29 is 19.0 Å². The predicted molar refractivity (Wildman–Crippen MR) is 49.1 cm³/mol. The fraction of sp³-hybridized carbons (Fsp3) is 0.222. The normalized spacial score (nSPS) is 9.93. The summed E-state index contributed by atoms with van der Waals surface area (Å²) in [4.78, 5) is 10.8. The van der Waals surface area contributed by atoms with Crippen LogP contribution in [0.15, 0.2) is 6.07 Å². The molecule has 1 rings (SSSR count). The van der Waals surface area contributed by atoms with Gasteiger partial charge in [-0.25, -0.2) is 9.18 Å². The van der Waals surface area contributed by atoms with Crippen molar-refractivity contribution in [2.75, 3.05) is 12.8 Å². The van der Waals surface area contributed by atoms with Crippen LogP contribution in [-0.2, 0) is 0 Å². The van der Waals surface area contributed by atoms with Gasteiger partial charge in [-0.2, -0.15) is 0 Å². The molecule has 0 atom stereocenters. The molecule has 0 unspecified atom stereocenters. The van der Waals surface area contributed by atoms with Crippen LogP contribution in [0.4, 0.5) is 10.1 Å². The van der Waals surface area contributed by atoms with E-state index in [-0.39, 0.29) is 22.6 Å². The van der Waals surface area contributed by atoms with E-state index in [4.69, 9.17) is 15.6 Å². The molecule has 0 amide bonds. The third-order valence-corrected chi connectivity index (χ3v) is 1.92. The maximum absolute atomic E-state index is 13.1. The molecule has 0 aliphatic rings. The van der Waals surface area contributed by atoms with E-state index in [9.17, 15) is 9.18 Å². The summed E-state index contributed by atoms with van der Waals surface area (Å²) in [6.45, 7) is 1.36. The Morgan fingerprint density at radius 1 is 1.64 bits per heavy atom. The zero-order chi connectivity index (χ0) is 10.9. The van der Waals surface area contributed by atoms with E-state index in [2.05, 4.69) is 0 Å². The number of methoxy groups -OCH3 is 1. The molecule has 4 nitrogen and oxygen atoms in total. The Morgan fingerprint density at radius 3 is 2.64 bits per heavy atom. The Labute approximate surface area is 80.1 Å². The number of carbonyl (C=O) groups is 1. The summed E-state index contributed by atoms with van der Waals surface area (Å²) in [6, 6.07) is 1.04. The van der Waals surface area contributed by atoms with Crippen LogP contribution in [0.1, 0.15) is 15.9 Å². The fourth-order valence-corrected chi connectivity index (χ4v) is 1.22. The monoisotopic (exact) mass is 199 g/mol. The zero-order valence-corrected chi connectivity index (χ0v) is 7.80. The first-order chi connectivity index (χ1) is 6.49. The number of benzene rings is 1. The summed E-state index contributed by atoms with van der Waals surface area (Å²) < 4.78 is 17.9. The molecule has 0 saturated carbocycles. The molecule has 0 bridgehead atoms. The van der Waals surface area contributed by atoms with Crippen LogP contribution >= 0.6 is 0 Å². The lowest BCUT2D eigenvalue weighted by molar-refractivity contribution is 0.0692. The van der Waals surface area contributed by atoms with Gasteiger partial charge in [-0.15, -0.1) is 0 Å². The van der Waals surface area contributed by atoms with Crippen molar-refractivity contribution >= 4 is 11.7 Å². The number of nitrogen functional groups attached to an aromatic ring is 1. The van der Waals surface area contributed by atoms with Gasteiger partial charge in [0.05, 0.1) is 12.8 Å². The third-order valence-electron chi connectivity index (χ3n) is 1.92. The van der Waals surface area contributed by atoms with Gasteiger partial charge < -0.3 is 15.6 Å². The molecule has 0 aromatic heterocycles. The second-order valence-corrected chi connectivity index (χ2v) is 2.79. The van der Waals surface area contributed by atoms with Crippen molar-refractivity contribution in [2.24, 2.45) is 0 Å². The number of ether oxygens (including phenoxy) is 1. The van der Waals surface area contributed by atoms with Crippen molar-refractivity contribution in [2.45, 2.75) is 6.92 Å². The predicted octanol–water partition coefficient (Wildman–Crippen LogP) is 1.42. The quantitative estimate of drug-likeness (QED) is 0.706. The van der Waals surface area contributed by atoms with Crippen LogP contribution in [0.3, 0.4) is 0 Å². The Balaban J connectivity index is 3.56. The van der Waals surface area contributed by atoms with Gasteiger partial charge in [-0.05, 0) is 6.92 Å². The van der Waals surface area contributed by atoms with Gasteiger partial charge in [-0.3, -0.25) is 0 Å². The van der Waals surface area contributed by atoms with Crippen molar-refractivity contribution in [3.05, 3.63) is 23.0 Å². The van der Waals surface area contributed by atoms with Gasteiger partial charge in [0.15, 0.2) is 5.75 Å². The highest BCUT2D eigenvalue weighted by molar-refractivity contribution is 5.94. The smallest absolute Gasteiger partial charge is 0.339 e. The number of halogens is 1. The highest BCUT2D eigenvalue weighted by atomic mass is 19.1. The van der Waals surface area contributed by atoms with Gasteiger partial charge in [-0.1, -0.05) is 0 Å². The maximum Gasteiger partial charge on any atom is 0.339 e. The number of aromatic carboxylic acids is 1. The second-order valence-electron chi connectivity index (χ2n) is 2.79. The van der Waals surface area contributed by atoms with E-state index >= 15 is 0 Å². The number of hydrogen-bond donors (Lipinski definition) is 2. The van der Waals surface area contributed by atoms with Gasteiger partial charge in [0.2, 0.25) is 0 Å². The number of carboxylic acids is 1. The molecular formula is C9H10FNO3. The first-order valence-electron chi connectivity index (χ1n) is 3.85. The molecule has 3 N–H and O–H groups in total. The van der Waals surface area contributed by atoms with E-state index in [1.807, 2.05) is 0 Å². The summed E-state index contributed by atoms with van der Waals surface area (Å²) in [6.07, 6.45) is 0. The molecule has 1 aromatic carbocycles. The molecule has 0 radical (unpaired) electrons. The van der Waals surface area contributed by atoms with Crippen LogP contribution in [0.25, 0.3) is 0 Å². The lowest BCUT2D eigenvalue weighted by atomic mass is 10.1. The number of hydrogen-bond acceptors (Lipinski definition) is 3. The van der Waals surface area contributed by atoms with Crippen LogP contribution in [0.2, 0.25) is 0 Å². The maximum atomic E-state index is 13.1. The molecule has 0 heterocycles. The molecule has 0 spiro atoms.